The van der Waals surface area contributed by atoms with Gasteiger partial charge < -0.3 is 0 Å². The molecule has 0 amide bonds. The summed E-state index contributed by atoms with van der Waals surface area (Å²) in [5, 5.41) is 0. The molecule has 2 bridgehead atoms. The number of ketones is 2. The van der Waals surface area contributed by atoms with E-state index in [4.69, 9.17) is 0 Å². The zero-order chi connectivity index (χ0) is 25.1. The van der Waals surface area contributed by atoms with Crippen LogP contribution in [0, 0.1) is 5.41 Å². The molecule has 176 valence electrons. The highest BCUT2D eigenvalue weighted by molar-refractivity contribution is 6.21. The summed E-state index contributed by atoms with van der Waals surface area (Å²) >= 11 is 0. The Kier molecular flexibility index (Phi) is 4.98. The van der Waals surface area contributed by atoms with E-state index >= 15 is 0 Å². The van der Waals surface area contributed by atoms with Crippen LogP contribution >= 0.6 is 0 Å². The molecular formula is C34H28O2. The Labute approximate surface area is 212 Å². The van der Waals surface area contributed by atoms with Gasteiger partial charge in [0.2, 0.25) is 0 Å². The first-order valence-corrected chi connectivity index (χ1v) is 12.5. The van der Waals surface area contributed by atoms with Gasteiger partial charge in [-0.3, -0.25) is 9.59 Å². The summed E-state index contributed by atoms with van der Waals surface area (Å²) in [4.78, 5) is 29.0. The van der Waals surface area contributed by atoms with E-state index in [0.717, 1.165) is 22.3 Å². The van der Waals surface area contributed by atoms with E-state index in [1.165, 1.54) is 0 Å². The van der Waals surface area contributed by atoms with Crippen molar-refractivity contribution in [1.82, 2.24) is 0 Å². The van der Waals surface area contributed by atoms with Crippen molar-refractivity contribution in [3.63, 3.8) is 0 Å². The molecule has 0 spiro atoms. The molecule has 0 aliphatic heterocycles. The average molecular weight is 469 g/mol. The highest BCUT2D eigenvalue weighted by atomic mass is 16.1. The lowest BCUT2D eigenvalue weighted by molar-refractivity contribution is 0.0956. The van der Waals surface area contributed by atoms with E-state index in [2.05, 4.69) is 57.2 Å². The molecule has 0 aromatic heterocycles. The van der Waals surface area contributed by atoms with Crippen molar-refractivity contribution in [2.45, 2.75) is 32.1 Å². The van der Waals surface area contributed by atoms with Gasteiger partial charge >= 0.3 is 0 Å². The number of carbonyl (C=O) groups is 2. The Morgan fingerprint density at radius 1 is 0.583 bits per heavy atom. The van der Waals surface area contributed by atoms with Crippen LogP contribution in [0.3, 0.4) is 0 Å². The molecule has 3 aliphatic rings. The van der Waals surface area contributed by atoms with Crippen molar-refractivity contribution in [2.75, 3.05) is 0 Å². The van der Waals surface area contributed by atoms with Crippen molar-refractivity contribution in [2.24, 2.45) is 5.41 Å². The van der Waals surface area contributed by atoms with Crippen LogP contribution < -0.4 is 0 Å². The lowest BCUT2D eigenvalue weighted by Gasteiger charge is -2.57. The second-order valence-electron chi connectivity index (χ2n) is 10.8. The van der Waals surface area contributed by atoms with E-state index in [0.29, 0.717) is 22.3 Å². The molecule has 2 nitrogen and oxygen atoms in total. The van der Waals surface area contributed by atoms with E-state index in [9.17, 15) is 9.59 Å². The van der Waals surface area contributed by atoms with E-state index < -0.39 is 10.8 Å². The Hall–Kier alpha value is -4.04. The number of hydrogen-bond donors (Lipinski definition) is 0. The van der Waals surface area contributed by atoms with E-state index in [-0.39, 0.29) is 17.5 Å². The molecule has 0 saturated heterocycles. The standard InChI is InChI=1S/C34H28O2/c1-33(2,3)34-26-20-12-10-18-24(26)28(25-19-11-13-21-27(25)34)29(31(35)22-14-6-4-7-15-22)30(34)32(36)23-16-8-5-9-17-23/h4-21,28H,1-3H3. The minimum Gasteiger partial charge on any atom is -0.289 e. The molecule has 0 saturated carbocycles. The molecule has 3 aliphatic carbocycles. The maximum Gasteiger partial charge on any atom is 0.190 e. The maximum absolute atomic E-state index is 14.6. The number of hydrogen-bond acceptors (Lipinski definition) is 2. The first-order valence-electron chi connectivity index (χ1n) is 12.5. The zero-order valence-corrected chi connectivity index (χ0v) is 20.8. The molecule has 4 aromatic carbocycles. The monoisotopic (exact) mass is 468 g/mol. The quantitative estimate of drug-likeness (QED) is 0.290. The Morgan fingerprint density at radius 2 is 1.00 bits per heavy atom. The van der Waals surface area contributed by atoms with Crippen LogP contribution in [0.25, 0.3) is 0 Å². The van der Waals surface area contributed by atoms with Crippen molar-refractivity contribution in [1.29, 1.82) is 0 Å². The fraction of sp³-hybridized carbons (Fsp3) is 0.176. The van der Waals surface area contributed by atoms with Crippen LogP contribution in [0.5, 0.6) is 0 Å². The predicted octanol–water partition coefficient (Wildman–Crippen LogP) is 7.54. The van der Waals surface area contributed by atoms with Gasteiger partial charge in [-0.15, -0.1) is 0 Å². The Bertz CT molecular complexity index is 1490. The minimum atomic E-state index is -0.776. The summed E-state index contributed by atoms with van der Waals surface area (Å²) in [6.45, 7) is 6.57. The molecule has 4 aromatic rings. The number of benzene rings is 4. The first kappa shape index (κ1) is 22.4. The molecule has 7 rings (SSSR count). The predicted molar refractivity (Wildman–Crippen MR) is 144 cm³/mol. The molecule has 0 N–H and O–H groups in total. The lowest BCUT2D eigenvalue weighted by Crippen LogP contribution is -2.53. The summed E-state index contributed by atoms with van der Waals surface area (Å²) in [5.74, 6) is -0.437. The van der Waals surface area contributed by atoms with Crippen molar-refractivity contribution < 1.29 is 9.59 Å². The van der Waals surface area contributed by atoms with Crippen LogP contribution in [-0.2, 0) is 5.41 Å². The summed E-state index contributed by atoms with van der Waals surface area (Å²) in [6.07, 6.45) is 0. The molecule has 0 unspecified atom stereocenters. The normalized spacial score (nSPS) is 20.0. The zero-order valence-electron chi connectivity index (χ0n) is 20.8. The van der Waals surface area contributed by atoms with Gasteiger partial charge in [0.05, 0.1) is 5.41 Å². The third-order valence-corrected chi connectivity index (χ3v) is 7.95. The summed E-state index contributed by atoms with van der Waals surface area (Å²) in [5.41, 5.74) is 5.78. The van der Waals surface area contributed by atoms with Gasteiger partial charge in [-0.1, -0.05) is 130 Å². The fourth-order valence-electron chi connectivity index (χ4n) is 6.62. The van der Waals surface area contributed by atoms with Gasteiger partial charge in [0.15, 0.2) is 11.6 Å². The minimum absolute atomic E-state index is 0.0705. The third-order valence-electron chi connectivity index (χ3n) is 7.95. The van der Waals surface area contributed by atoms with Crippen molar-refractivity contribution in [3.05, 3.63) is 154 Å². The maximum atomic E-state index is 14.6. The van der Waals surface area contributed by atoms with Crippen molar-refractivity contribution in [3.8, 4) is 0 Å². The third kappa shape index (κ3) is 2.91. The largest absolute Gasteiger partial charge is 0.289 e. The SMILES string of the molecule is CC(C)(C)C12C(C(=O)c3ccccc3)=C(C(=O)c3ccccc3)C(c3ccccc31)c1ccccc12. The van der Waals surface area contributed by atoms with Gasteiger partial charge in [0.25, 0.3) is 0 Å². The second kappa shape index (κ2) is 7.99. The van der Waals surface area contributed by atoms with Gasteiger partial charge in [-0.25, -0.2) is 0 Å². The first-order chi connectivity index (χ1) is 17.4. The number of allylic oxidation sites excluding steroid dienone is 2. The van der Waals surface area contributed by atoms with Crippen LogP contribution in [0.2, 0.25) is 0 Å². The van der Waals surface area contributed by atoms with Gasteiger partial charge in [0.1, 0.15) is 0 Å². The molecule has 0 fully saturated rings. The molecule has 0 heterocycles. The van der Waals surface area contributed by atoms with Crippen LogP contribution in [0.15, 0.2) is 120 Å². The van der Waals surface area contributed by atoms with E-state index in [1.54, 1.807) is 0 Å². The lowest BCUT2D eigenvalue weighted by atomic mass is 9.44. The van der Waals surface area contributed by atoms with Crippen molar-refractivity contribution >= 4 is 11.6 Å². The molecular weight excluding hydrogens is 440 g/mol. The number of Topliss-reactive ketones (excluding diaryl/α,β-unsaturated/α-hetero) is 2. The van der Waals surface area contributed by atoms with E-state index in [1.807, 2.05) is 72.8 Å². The average Bonchev–Trinajstić information content (AvgIpc) is 2.92. The van der Waals surface area contributed by atoms with Crippen LogP contribution in [-0.4, -0.2) is 11.6 Å². The fourth-order valence-corrected chi connectivity index (χ4v) is 6.62. The highest BCUT2D eigenvalue weighted by Gasteiger charge is 2.60. The van der Waals surface area contributed by atoms with Crippen LogP contribution in [0.1, 0.15) is 69.7 Å². The smallest absolute Gasteiger partial charge is 0.190 e. The summed E-state index contributed by atoms with van der Waals surface area (Å²) in [7, 11) is 0. The highest BCUT2D eigenvalue weighted by Crippen LogP contribution is 2.65. The van der Waals surface area contributed by atoms with Gasteiger partial charge in [0, 0.05) is 28.2 Å². The van der Waals surface area contributed by atoms with Crippen LogP contribution in [0.4, 0.5) is 0 Å². The molecule has 36 heavy (non-hydrogen) atoms. The topological polar surface area (TPSA) is 34.1 Å². The summed E-state index contributed by atoms with van der Waals surface area (Å²) < 4.78 is 0. The molecule has 2 heteroatoms. The summed E-state index contributed by atoms with van der Waals surface area (Å²) in [6, 6.07) is 35.6. The molecule has 0 radical (unpaired) electrons. The molecule has 0 atom stereocenters. The Morgan fingerprint density at radius 3 is 1.47 bits per heavy atom. The van der Waals surface area contributed by atoms with Gasteiger partial charge in [-0.05, 0) is 27.7 Å². The number of rotatable bonds is 4. The second-order valence-corrected chi connectivity index (χ2v) is 10.8. The van der Waals surface area contributed by atoms with Gasteiger partial charge in [-0.2, -0.15) is 0 Å². The number of carbonyl (C=O) groups excluding carboxylic acids is 2. The Balaban J connectivity index is 1.80.